The summed E-state index contributed by atoms with van der Waals surface area (Å²) < 4.78 is 26.4. The van der Waals surface area contributed by atoms with Crippen molar-refractivity contribution in [3.63, 3.8) is 0 Å². The average molecular weight is 198 g/mol. The summed E-state index contributed by atoms with van der Waals surface area (Å²) >= 11 is 1.25. The van der Waals surface area contributed by atoms with Gasteiger partial charge in [0.2, 0.25) is 0 Å². The van der Waals surface area contributed by atoms with Gasteiger partial charge in [0.15, 0.2) is 0 Å². The topological polar surface area (TPSA) is 43.4 Å². The van der Waals surface area contributed by atoms with Gasteiger partial charge in [-0.3, -0.25) is 4.18 Å². The van der Waals surface area contributed by atoms with E-state index in [0.717, 1.165) is 12.8 Å². The van der Waals surface area contributed by atoms with E-state index in [1.807, 2.05) is 6.92 Å². The lowest BCUT2D eigenvalue weighted by atomic mass is 10.4. The summed E-state index contributed by atoms with van der Waals surface area (Å²) in [5, 5.41) is 0.0523. The van der Waals surface area contributed by atoms with Crippen molar-refractivity contribution >= 4 is 21.9 Å². The molecule has 0 unspecified atom stereocenters. The second-order valence-corrected chi connectivity index (χ2v) is 5.01. The van der Waals surface area contributed by atoms with Gasteiger partial charge in [0.05, 0.1) is 6.61 Å². The molecule has 0 aliphatic rings. The van der Waals surface area contributed by atoms with Crippen LogP contribution in [0.25, 0.3) is 0 Å². The molecule has 0 heterocycles. The Morgan fingerprint density at radius 1 is 1.45 bits per heavy atom. The minimum absolute atomic E-state index is 0.0523. The van der Waals surface area contributed by atoms with Crippen LogP contribution < -0.4 is 0 Å². The molecule has 0 spiro atoms. The highest BCUT2D eigenvalue weighted by molar-refractivity contribution is 8.10. The zero-order valence-corrected chi connectivity index (χ0v) is 8.50. The number of unbranched alkanes of at least 4 members (excludes halogenated alkanes) is 1. The van der Waals surface area contributed by atoms with E-state index in [2.05, 4.69) is 4.18 Å². The Morgan fingerprint density at radius 3 is 2.55 bits per heavy atom. The molecule has 0 aromatic rings. The van der Waals surface area contributed by atoms with Crippen LogP contribution in [0, 0.1) is 0 Å². The Hall–Kier alpha value is 0.260. The van der Waals surface area contributed by atoms with Gasteiger partial charge in [-0.25, -0.2) is 0 Å². The molecule has 68 valence electrons. The van der Waals surface area contributed by atoms with Crippen molar-refractivity contribution in [3.8, 4) is 0 Å². The van der Waals surface area contributed by atoms with Gasteiger partial charge in [0, 0.05) is 0 Å². The number of thioether (sulfide) groups is 1. The van der Waals surface area contributed by atoms with Crippen LogP contribution >= 0.6 is 11.8 Å². The van der Waals surface area contributed by atoms with Gasteiger partial charge in [-0.05, 0) is 12.7 Å². The highest BCUT2D eigenvalue weighted by Gasteiger charge is 2.08. The van der Waals surface area contributed by atoms with E-state index in [4.69, 9.17) is 0 Å². The van der Waals surface area contributed by atoms with Gasteiger partial charge < -0.3 is 0 Å². The Bertz CT molecular complexity index is 174. The van der Waals surface area contributed by atoms with E-state index in [9.17, 15) is 8.42 Å². The van der Waals surface area contributed by atoms with Crippen molar-refractivity contribution < 1.29 is 12.6 Å². The Kier molecular flexibility index (Phi) is 5.99. The fraction of sp³-hybridized carbons (Fsp3) is 1.00. The normalized spacial score (nSPS) is 11.8. The molecule has 11 heavy (non-hydrogen) atoms. The lowest BCUT2D eigenvalue weighted by Crippen LogP contribution is -2.08. The smallest absolute Gasteiger partial charge is 0.269 e. The molecule has 0 N–H and O–H groups in total. The van der Waals surface area contributed by atoms with Crippen molar-refractivity contribution in [1.82, 2.24) is 0 Å². The van der Waals surface area contributed by atoms with Crippen LogP contribution in [0.1, 0.15) is 19.8 Å². The summed E-state index contributed by atoms with van der Waals surface area (Å²) in [5.74, 6) is 0. The van der Waals surface area contributed by atoms with E-state index in [0.29, 0.717) is 6.61 Å². The maximum absolute atomic E-state index is 10.9. The van der Waals surface area contributed by atoms with Crippen LogP contribution in [0.5, 0.6) is 0 Å². The van der Waals surface area contributed by atoms with E-state index in [1.165, 1.54) is 11.8 Å². The number of hydrogen-bond donors (Lipinski definition) is 0. The average Bonchev–Trinajstić information content (AvgIpc) is 1.87. The van der Waals surface area contributed by atoms with Crippen LogP contribution in [-0.2, 0) is 14.3 Å². The van der Waals surface area contributed by atoms with Crippen molar-refractivity contribution in [1.29, 1.82) is 0 Å². The zero-order chi connectivity index (χ0) is 8.74. The Labute approximate surface area is 72.6 Å². The van der Waals surface area contributed by atoms with Crippen molar-refractivity contribution in [3.05, 3.63) is 0 Å². The first kappa shape index (κ1) is 11.3. The van der Waals surface area contributed by atoms with Crippen LogP contribution in [0.3, 0.4) is 0 Å². The molecule has 0 saturated carbocycles. The highest BCUT2D eigenvalue weighted by atomic mass is 32.3. The van der Waals surface area contributed by atoms with Crippen LogP contribution in [-0.4, -0.2) is 26.4 Å². The summed E-state index contributed by atoms with van der Waals surface area (Å²) in [5.41, 5.74) is 0. The molecule has 0 rings (SSSR count). The van der Waals surface area contributed by atoms with Crippen molar-refractivity contribution in [2.75, 3.05) is 17.9 Å². The molecule has 0 fully saturated rings. The first-order chi connectivity index (χ1) is 5.12. The lowest BCUT2D eigenvalue weighted by Gasteiger charge is -2.01. The van der Waals surface area contributed by atoms with E-state index >= 15 is 0 Å². The first-order valence-corrected chi connectivity index (χ1v) is 6.45. The molecule has 5 heteroatoms. The quantitative estimate of drug-likeness (QED) is 0.478. The second-order valence-electron chi connectivity index (χ2n) is 2.14. The maximum Gasteiger partial charge on any atom is 0.276 e. The lowest BCUT2D eigenvalue weighted by molar-refractivity contribution is 0.313. The molecule has 0 radical (unpaired) electrons. The molecule has 0 aromatic heterocycles. The fourth-order valence-electron chi connectivity index (χ4n) is 0.509. The molecule has 0 aromatic carbocycles. The van der Waals surface area contributed by atoms with Crippen LogP contribution in [0.2, 0.25) is 0 Å². The Balaban J connectivity index is 3.56. The third kappa shape index (κ3) is 6.65. The van der Waals surface area contributed by atoms with Crippen molar-refractivity contribution in [2.45, 2.75) is 19.8 Å². The molecule has 0 aliphatic carbocycles. The van der Waals surface area contributed by atoms with Gasteiger partial charge >= 0.3 is 0 Å². The summed E-state index contributed by atoms with van der Waals surface area (Å²) in [6.45, 7) is 2.31. The monoisotopic (exact) mass is 198 g/mol. The zero-order valence-electron chi connectivity index (χ0n) is 6.87. The number of hydrogen-bond acceptors (Lipinski definition) is 4. The van der Waals surface area contributed by atoms with Crippen LogP contribution in [0.4, 0.5) is 0 Å². The summed E-state index contributed by atoms with van der Waals surface area (Å²) in [6.07, 6.45) is 3.49. The van der Waals surface area contributed by atoms with Gasteiger partial charge in [-0.2, -0.15) is 8.42 Å². The molecule has 0 amide bonds. The number of rotatable bonds is 6. The highest BCUT2D eigenvalue weighted by Crippen LogP contribution is 2.03. The van der Waals surface area contributed by atoms with Gasteiger partial charge in [0.1, 0.15) is 5.08 Å². The molecule has 0 bridgehead atoms. The van der Waals surface area contributed by atoms with E-state index in [1.54, 1.807) is 6.26 Å². The standard InChI is InChI=1S/C6H14O3S2/c1-3-4-5-9-11(7,8)6-10-2/h3-6H2,1-2H3. The third-order valence-corrected chi connectivity index (χ3v) is 3.65. The van der Waals surface area contributed by atoms with Gasteiger partial charge in [0.25, 0.3) is 10.1 Å². The van der Waals surface area contributed by atoms with E-state index < -0.39 is 10.1 Å². The molecule has 3 nitrogen and oxygen atoms in total. The predicted molar refractivity (Wildman–Crippen MR) is 48.2 cm³/mol. The Morgan fingerprint density at radius 2 is 2.09 bits per heavy atom. The third-order valence-electron chi connectivity index (χ3n) is 1.02. The largest absolute Gasteiger partial charge is 0.276 e. The summed E-state index contributed by atoms with van der Waals surface area (Å²) in [6, 6.07) is 0. The van der Waals surface area contributed by atoms with Gasteiger partial charge in [-0.1, -0.05) is 13.3 Å². The molecule has 0 saturated heterocycles. The molecular weight excluding hydrogens is 184 g/mol. The minimum atomic E-state index is -3.24. The van der Waals surface area contributed by atoms with E-state index in [-0.39, 0.29) is 5.08 Å². The molecular formula is C6H14O3S2. The molecule has 0 atom stereocenters. The summed E-state index contributed by atoms with van der Waals surface area (Å²) in [7, 11) is -3.24. The fourth-order valence-corrected chi connectivity index (χ4v) is 2.31. The SMILES string of the molecule is CCCCOS(=O)(=O)CSC. The van der Waals surface area contributed by atoms with Crippen molar-refractivity contribution in [2.24, 2.45) is 0 Å². The predicted octanol–water partition coefficient (Wildman–Crippen LogP) is 1.45. The minimum Gasteiger partial charge on any atom is -0.269 e. The maximum atomic E-state index is 10.9. The summed E-state index contributed by atoms with van der Waals surface area (Å²) in [4.78, 5) is 0. The van der Waals surface area contributed by atoms with Crippen LogP contribution in [0.15, 0.2) is 0 Å². The van der Waals surface area contributed by atoms with Gasteiger partial charge in [-0.15, -0.1) is 11.8 Å². The second kappa shape index (κ2) is 5.85. The molecule has 0 aliphatic heterocycles. The first-order valence-electron chi connectivity index (χ1n) is 3.48.